The Morgan fingerprint density at radius 3 is 2.82 bits per heavy atom. The predicted molar refractivity (Wildman–Crippen MR) is 102 cm³/mol. The monoisotopic (exact) mass is 385 g/mol. The van der Waals surface area contributed by atoms with Gasteiger partial charge in [0.2, 0.25) is 0 Å². The van der Waals surface area contributed by atoms with E-state index in [4.69, 9.17) is 5.73 Å². The van der Waals surface area contributed by atoms with Gasteiger partial charge in [-0.2, -0.15) is 5.10 Å². The second-order valence-corrected chi connectivity index (χ2v) is 7.34. The second kappa shape index (κ2) is 6.94. The lowest BCUT2D eigenvalue weighted by atomic mass is 10.0. The summed E-state index contributed by atoms with van der Waals surface area (Å²) in [6.07, 6.45) is 3.99. The van der Waals surface area contributed by atoms with Gasteiger partial charge in [-0.3, -0.25) is 14.4 Å². The zero-order valence-electron chi connectivity index (χ0n) is 15.5. The largest absolute Gasteiger partial charge is 0.364 e. The number of halogens is 2. The van der Waals surface area contributed by atoms with E-state index in [2.05, 4.69) is 10.1 Å². The van der Waals surface area contributed by atoms with Gasteiger partial charge in [0.1, 0.15) is 5.69 Å². The Morgan fingerprint density at radius 1 is 1.32 bits per heavy atom. The molecule has 1 aromatic carbocycles. The van der Waals surface area contributed by atoms with Crippen LogP contribution in [0.2, 0.25) is 0 Å². The number of alkyl halides is 2. The van der Waals surface area contributed by atoms with Crippen LogP contribution in [0.1, 0.15) is 28.9 Å². The van der Waals surface area contributed by atoms with Gasteiger partial charge in [-0.1, -0.05) is 12.1 Å². The molecule has 3 heterocycles. The number of primary amides is 1. The molecular weight excluding hydrogens is 364 g/mol. The number of fused-ring (bicyclic) bond motifs is 1. The number of piperidine rings is 1. The van der Waals surface area contributed by atoms with Gasteiger partial charge >= 0.3 is 0 Å². The molecule has 0 radical (unpaired) electrons. The van der Waals surface area contributed by atoms with Crippen molar-refractivity contribution in [1.82, 2.24) is 19.7 Å². The number of nitrogens with zero attached hydrogens (tertiary/aromatic N) is 4. The minimum Gasteiger partial charge on any atom is -0.364 e. The topological polar surface area (TPSA) is 77.0 Å². The number of benzene rings is 1. The van der Waals surface area contributed by atoms with Crippen LogP contribution in [0.5, 0.6) is 0 Å². The standard InChI is InChI=1S/C20H21F2N5O/c1-26-11-14(9-24-26)16-8-18(19(23)28)25-17-7-13(3-4-15(16)17)10-27-6-2-5-20(21,22)12-27/h3-4,7-9,11H,2,5-6,10,12H2,1H3,(H2,23,28). The van der Waals surface area contributed by atoms with Crippen molar-refractivity contribution < 1.29 is 13.6 Å². The Hall–Kier alpha value is -2.87. The Morgan fingerprint density at radius 2 is 2.14 bits per heavy atom. The number of hydrogen-bond donors (Lipinski definition) is 1. The average molecular weight is 385 g/mol. The lowest BCUT2D eigenvalue weighted by Crippen LogP contribution is -2.41. The Labute approximate surface area is 161 Å². The molecule has 4 rings (SSSR count). The first-order valence-electron chi connectivity index (χ1n) is 9.13. The van der Waals surface area contributed by atoms with Crippen molar-refractivity contribution >= 4 is 16.8 Å². The van der Waals surface area contributed by atoms with Crippen molar-refractivity contribution in [3.05, 3.63) is 47.9 Å². The first kappa shape index (κ1) is 18.5. The predicted octanol–water partition coefficient (Wildman–Crippen LogP) is 2.97. The average Bonchev–Trinajstić information content (AvgIpc) is 3.06. The highest BCUT2D eigenvalue weighted by atomic mass is 19.3. The zero-order valence-corrected chi connectivity index (χ0v) is 15.5. The summed E-state index contributed by atoms with van der Waals surface area (Å²) in [5.41, 5.74) is 8.76. The summed E-state index contributed by atoms with van der Waals surface area (Å²) in [4.78, 5) is 17.9. The highest BCUT2D eigenvalue weighted by Crippen LogP contribution is 2.31. The number of rotatable bonds is 4. The minimum absolute atomic E-state index is 0.0563. The third-order valence-electron chi connectivity index (χ3n) is 5.02. The van der Waals surface area contributed by atoms with E-state index in [0.29, 0.717) is 25.0 Å². The molecule has 2 N–H and O–H groups in total. The molecule has 0 bridgehead atoms. The van der Waals surface area contributed by atoms with Crippen LogP contribution >= 0.6 is 0 Å². The molecule has 28 heavy (non-hydrogen) atoms. The summed E-state index contributed by atoms with van der Waals surface area (Å²) >= 11 is 0. The number of carbonyl (C=O) groups is 1. The molecule has 6 nitrogen and oxygen atoms in total. The molecule has 0 saturated carbocycles. The number of pyridine rings is 1. The van der Waals surface area contributed by atoms with Crippen LogP contribution in [-0.2, 0) is 13.6 Å². The Balaban J connectivity index is 1.73. The molecule has 0 aliphatic carbocycles. The first-order valence-corrected chi connectivity index (χ1v) is 9.13. The summed E-state index contributed by atoms with van der Waals surface area (Å²) in [5, 5.41) is 5.04. The van der Waals surface area contributed by atoms with Gasteiger partial charge in [0, 0.05) is 37.2 Å². The van der Waals surface area contributed by atoms with Crippen LogP contribution in [0.15, 0.2) is 36.7 Å². The van der Waals surface area contributed by atoms with Crippen molar-refractivity contribution in [3.63, 3.8) is 0 Å². The molecular formula is C20H21F2N5O. The number of aromatic nitrogens is 3. The molecule has 0 unspecified atom stereocenters. The van der Waals surface area contributed by atoms with Gasteiger partial charge in [0.15, 0.2) is 0 Å². The van der Waals surface area contributed by atoms with Gasteiger partial charge in [-0.05, 0) is 36.2 Å². The molecule has 146 valence electrons. The zero-order chi connectivity index (χ0) is 19.9. The second-order valence-electron chi connectivity index (χ2n) is 7.34. The third-order valence-corrected chi connectivity index (χ3v) is 5.02. The first-order chi connectivity index (χ1) is 13.3. The molecule has 1 fully saturated rings. The van der Waals surface area contributed by atoms with E-state index >= 15 is 0 Å². The molecule has 1 aliphatic heterocycles. The smallest absolute Gasteiger partial charge is 0.267 e. The van der Waals surface area contributed by atoms with E-state index < -0.39 is 11.8 Å². The van der Waals surface area contributed by atoms with Gasteiger partial charge < -0.3 is 5.73 Å². The molecule has 3 aromatic rings. The lowest BCUT2D eigenvalue weighted by Gasteiger charge is -2.32. The Bertz CT molecular complexity index is 1050. The molecule has 0 atom stereocenters. The Kier molecular flexibility index (Phi) is 4.58. The number of hydrogen-bond acceptors (Lipinski definition) is 4. The van der Waals surface area contributed by atoms with E-state index in [0.717, 1.165) is 22.1 Å². The minimum atomic E-state index is -2.64. The van der Waals surface area contributed by atoms with E-state index in [-0.39, 0.29) is 18.7 Å². The molecule has 8 heteroatoms. The number of aryl methyl sites for hydroxylation is 1. The van der Waals surface area contributed by atoms with Gasteiger partial charge in [0.05, 0.1) is 18.3 Å². The highest BCUT2D eigenvalue weighted by Gasteiger charge is 2.34. The maximum Gasteiger partial charge on any atom is 0.267 e. The number of likely N-dealkylation sites (tertiary alicyclic amines) is 1. The van der Waals surface area contributed by atoms with Crippen molar-refractivity contribution in [1.29, 1.82) is 0 Å². The number of nitrogens with two attached hydrogens (primary N) is 1. The van der Waals surface area contributed by atoms with Crippen molar-refractivity contribution in [2.75, 3.05) is 13.1 Å². The fourth-order valence-corrected chi connectivity index (χ4v) is 3.74. The molecule has 1 aliphatic rings. The van der Waals surface area contributed by atoms with Crippen LogP contribution in [0.3, 0.4) is 0 Å². The summed E-state index contributed by atoms with van der Waals surface area (Å²) in [6, 6.07) is 7.33. The summed E-state index contributed by atoms with van der Waals surface area (Å²) in [5.74, 6) is -3.26. The fourth-order valence-electron chi connectivity index (χ4n) is 3.74. The summed E-state index contributed by atoms with van der Waals surface area (Å²) in [7, 11) is 1.81. The van der Waals surface area contributed by atoms with E-state index in [1.165, 1.54) is 0 Å². The van der Waals surface area contributed by atoms with Crippen LogP contribution < -0.4 is 5.73 Å². The lowest BCUT2D eigenvalue weighted by molar-refractivity contribution is -0.0661. The van der Waals surface area contributed by atoms with Crippen molar-refractivity contribution in [2.24, 2.45) is 12.8 Å². The SMILES string of the molecule is Cn1cc(-c2cc(C(N)=O)nc3cc(CN4CCCC(F)(F)C4)ccc23)cn1. The van der Waals surface area contributed by atoms with Crippen LogP contribution in [0.4, 0.5) is 8.78 Å². The van der Waals surface area contributed by atoms with Crippen LogP contribution in [-0.4, -0.2) is 44.6 Å². The van der Waals surface area contributed by atoms with Gasteiger partial charge in [0.25, 0.3) is 11.8 Å². The molecule has 1 amide bonds. The van der Waals surface area contributed by atoms with Gasteiger partial charge in [-0.25, -0.2) is 13.8 Å². The maximum atomic E-state index is 13.7. The van der Waals surface area contributed by atoms with Gasteiger partial charge in [-0.15, -0.1) is 0 Å². The number of carbonyl (C=O) groups excluding carboxylic acids is 1. The molecule has 0 spiro atoms. The molecule has 2 aromatic heterocycles. The summed E-state index contributed by atoms with van der Waals surface area (Å²) < 4.78 is 29.0. The third kappa shape index (κ3) is 3.73. The van der Waals surface area contributed by atoms with E-state index in [1.54, 1.807) is 21.8 Å². The van der Waals surface area contributed by atoms with E-state index in [9.17, 15) is 13.6 Å². The van der Waals surface area contributed by atoms with Crippen LogP contribution in [0.25, 0.3) is 22.0 Å². The molecule has 1 saturated heterocycles. The van der Waals surface area contributed by atoms with Crippen molar-refractivity contribution in [3.8, 4) is 11.1 Å². The quantitative estimate of drug-likeness (QED) is 0.749. The van der Waals surface area contributed by atoms with Crippen molar-refractivity contribution in [2.45, 2.75) is 25.3 Å². The number of amides is 1. The maximum absolute atomic E-state index is 13.7. The van der Waals surface area contributed by atoms with Crippen LogP contribution in [0, 0.1) is 0 Å². The normalized spacial score (nSPS) is 17.1. The fraction of sp³-hybridized carbons (Fsp3) is 0.350. The van der Waals surface area contributed by atoms with E-state index in [1.807, 2.05) is 31.4 Å². The summed E-state index contributed by atoms with van der Waals surface area (Å²) in [6.45, 7) is 0.820. The highest BCUT2D eigenvalue weighted by molar-refractivity contribution is 6.00.